The number of H-pyrrole nitrogens is 1. The molecule has 4 N–H and O–H groups in total. The Kier molecular flexibility index (Phi) is 3.59. The number of nitrogens with two attached hydrogens (primary N) is 1. The van der Waals surface area contributed by atoms with E-state index in [2.05, 4.69) is 15.3 Å². The molecule has 1 aliphatic carbocycles. The quantitative estimate of drug-likeness (QED) is 0.757. The van der Waals surface area contributed by atoms with Gasteiger partial charge in [-0.25, -0.2) is 4.79 Å². The number of carbonyl (C=O) groups is 1. The standard InChI is InChI=1S/C11H13N5O2.ClH/c12-3-4-16-10(11(17)18)6-1-2-8-7(5-13-14-8)9(6)15-16;/h5H,1-4,12H2,(H,13,14)(H,17,18);1H. The molecule has 0 bridgehead atoms. The molecule has 102 valence electrons. The Morgan fingerprint density at radius 3 is 3.00 bits per heavy atom. The van der Waals surface area contributed by atoms with E-state index < -0.39 is 5.97 Å². The van der Waals surface area contributed by atoms with Crippen molar-refractivity contribution in [2.24, 2.45) is 5.73 Å². The first-order valence-electron chi connectivity index (χ1n) is 5.78. The first kappa shape index (κ1) is 13.6. The molecule has 0 fully saturated rings. The molecule has 8 heteroatoms. The number of hydrogen-bond donors (Lipinski definition) is 3. The maximum absolute atomic E-state index is 11.4. The van der Waals surface area contributed by atoms with Gasteiger partial charge in [-0.05, 0) is 12.8 Å². The number of carboxylic acids is 1. The highest BCUT2D eigenvalue weighted by molar-refractivity contribution is 5.90. The molecule has 0 aromatic carbocycles. The maximum Gasteiger partial charge on any atom is 0.354 e. The normalized spacial score (nSPS) is 12.5. The van der Waals surface area contributed by atoms with Gasteiger partial charge < -0.3 is 10.8 Å². The van der Waals surface area contributed by atoms with Crippen LogP contribution in [-0.4, -0.2) is 37.6 Å². The predicted molar refractivity (Wildman–Crippen MR) is 70.5 cm³/mol. The van der Waals surface area contributed by atoms with E-state index in [9.17, 15) is 9.90 Å². The summed E-state index contributed by atoms with van der Waals surface area (Å²) in [7, 11) is 0. The van der Waals surface area contributed by atoms with Crippen molar-refractivity contribution < 1.29 is 9.90 Å². The van der Waals surface area contributed by atoms with Gasteiger partial charge in [0.15, 0.2) is 0 Å². The molecule has 2 aromatic rings. The Bertz CT molecular complexity index is 619. The van der Waals surface area contributed by atoms with Crippen LogP contribution in [0.15, 0.2) is 6.20 Å². The second kappa shape index (κ2) is 5.02. The molecule has 7 nitrogen and oxygen atoms in total. The lowest BCUT2D eigenvalue weighted by atomic mass is 9.94. The monoisotopic (exact) mass is 283 g/mol. The van der Waals surface area contributed by atoms with E-state index in [-0.39, 0.29) is 18.1 Å². The average molecular weight is 284 g/mol. The highest BCUT2D eigenvalue weighted by Gasteiger charge is 2.28. The first-order valence-corrected chi connectivity index (χ1v) is 5.78. The van der Waals surface area contributed by atoms with E-state index in [0.29, 0.717) is 19.5 Å². The van der Waals surface area contributed by atoms with Crippen molar-refractivity contribution in [2.75, 3.05) is 6.54 Å². The second-order valence-electron chi connectivity index (χ2n) is 4.25. The summed E-state index contributed by atoms with van der Waals surface area (Å²) in [5.41, 5.74) is 9.15. The summed E-state index contributed by atoms with van der Waals surface area (Å²) in [6.45, 7) is 0.765. The first-order chi connectivity index (χ1) is 8.72. The molecular weight excluding hydrogens is 270 g/mol. The van der Waals surface area contributed by atoms with Gasteiger partial charge in [-0.1, -0.05) is 0 Å². The Labute approximate surface area is 115 Å². The van der Waals surface area contributed by atoms with Gasteiger partial charge in [0.25, 0.3) is 0 Å². The lowest BCUT2D eigenvalue weighted by molar-refractivity contribution is 0.0682. The van der Waals surface area contributed by atoms with E-state index in [4.69, 9.17) is 5.73 Å². The summed E-state index contributed by atoms with van der Waals surface area (Å²) in [5, 5.41) is 20.6. The van der Waals surface area contributed by atoms with Gasteiger partial charge in [-0.15, -0.1) is 12.4 Å². The molecule has 0 unspecified atom stereocenters. The zero-order valence-corrected chi connectivity index (χ0v) is 10.9. The predicted octanol–water partition coefficient (Wildman–Crippen LogP) is 0.450. The number of hydrogen-bond acceptors (Lipinski definition) is 4. The minimum Gasteiger partial charge on any atom is -0.477 e. The zero-order chi connectivity index (χ0) is 12.7. The van der Waals surface area contributed by atoms with Crippen molar-refractivity contribution >= 4 is 18.4 Å². The van der Waals surface area contributed by atoms with Crippen LogP contribution in [0.4, 0.5) is 0 Å². The van der Waals surface area contributed by atoms with E-state index in [1.165, 1.54) is 4.68 Å². The number of carboxylic acid groups (broad SMARTS) is 1. The van der Waals surface area contributed by atoms with Crippen molar-refractivity contribution in [3.05, 3.63) is 23.1 Å². The highest BCUT2D eigenvalue weighted by Crippen LogP contribution is 2.33. The zero-order valence-electron chi connectivity index (χ0n) is 10.1. The van der Waals surface area contributed by atoms with Crippen molar-refractivity contribution in [3.8, 4) is 11.3 Å². The van der Waals surface area contributed by atoms with Gasteiger partial charge in [0.1, 0.15) is 5.69 Å². The number of fused-ring (bicyclic) bond motifs is 3. The molecular formula is C11H14ClN5O2. The third-order valence-corrected chi connectivity index (χ3v) is 3.19. The minimum atomic E-state index is -0.954. The number of aromatic nitrogens is 4. The Morgan fingerprint density at radius 1 is 1.53 bits per heavy atom. The van der Waals surface area contributed by atoms with E-state index in [1.54, 1.807) is 6.20 Å². The molecule has 0 atom stereocenters. The van der Waals surface area contributed by atoms with Crippen molar-refractivity contribution in [3.63, 3.8) is 0 Å². The van der Waals surface area contributed by atoms with Crippen molar-refractivity contribution in [1.29, 1.82) is 0 Å². The van der Waals surface area contributed by atoms with Gasteiger partial charge in [0.05, 0.1) is 18.4 Å². The molecule has 19 heavy (non-hydrogen) atoms. The molecule has 2 heterocycles. The molecule has 0 saturated heterocycles. The summed E-state index contributed by atoms with van der Waals surface area (Å²) in [6, 6.07) is 0. The molecule has 0 amide bonds. The average Bonchev–Trinajstić information content (AvgIpc) is 2.90. The molecule has 0 spiro atoms. The lowest BCUT2D eigenvalue weighted by Gasteiger charge is -2.09. The number of aromatic carboxylic acids is 1. The molecule has 0 aliphatic heterocycles. The number of rotatable bonds is 3. The number of nitrogens with zero attached hydrogens (tertiary/aromatic N) is 3. The summed E-state index contributed by atoms with van der Waals surface area (Å²) >= 11 is 0. The summed E-state index contributed by atoms with van der Waals surface area (Å²) in [5.74, 6) is -0.954. The third kappa shape index (κ3) is 2.00. The number of aryl methyl sites for hydroxylation is 1. The van der Waals surface area contributed by atoms with Crippen LogP contribution in [0.2, 0.25) is 0 Å². The number of aromatic amines is 1. The molecule has 0 radical (unpaired) electrons. The highest BCUT2D eigenvalue weighted by atomic mass is 35.5. The van der Waals surface area contributed by atoms with Gasteiger partial charge in [-0.3, -0.25) is 9.78 Å². The molecule has 1 aliphatic rings. The lowest BCUT2D eigenvalue weighted by Crippen LogP contribution is -2.17. The topological polar surface area (TPSA) is 110 Å². The fraction of sp³-hybridized carbons (Fsp3) is 0.364. The van der Waals surface area contributed by atoms with E-state index in [0.717, 1.165) is 28.9 Å². The van der Waals surface area contributed by atoms with E-state index in [1.807, 2.05) is 0 Å². The van der Waals surface area contributed by atoms with Crippen LogP contribution in [0.25, 0.3) is 11.3 Å². The van der Waals surface area contributed by atoms with Crippen LogP contribution in [0.5, 0.6) is 0 Å². The van der Waals surface area contributed by atoms with Gasteiger partial charge in [-0.2, -0.15) is 10.2 Å². The molecule has 3 rings (SSSR count). The SMILES string of the molecule is Cl.NCCn1nc2c(c1C(=O)O)CCc1[nH]ncc1-2. The van der Waals surface area contributed by atoms with E-state index >= 15 is 0 Å². The van der Waals surface area contributed by atoms with Crippen LogP contribution in [0, 0.1) is 0 Å². The Hall–Kier alpha value is -1.86. The van der Waals surface area contributed by atoms with Crippen molar-refractivity contribution in [2.45, 2.75) is 19.4 Å². The number of nitrogens with one attached hydrogen (secondary N) is 1. The minimum absolute atomic E-state index is 0. The third-order valence-electron chi connectivity index (χ3n) is 3.19. The Balaban J connectivity index is 0.00000133. The number of halogens is 1. The van der Waals surface area contributed by atoms with Crippen LogP contribution in [-0.2, 0) is 19.4 Å². The van der Waals surface area contributed by atoms with Crippen LogP contribution >= 0.6 is 12.4 Å². The van der Waals surface area contributed by atoms with Crippen LogP contribution in [0.1, 0.15) is 21.7 Å². The Morgan fingerprint density at radius 2 is 2.32 bits per heavy atom. The van der Waals surface area contributed by atoms with Crippen molar-refractivity contribution in [1.82, 2.24) is 20.0 Å². The summed E-state index contributed by atoms with van der Waals surface area (Å²) in [4.78, 5) is 11.4. The largest absolute Gasteiger partial charge is 0.477 e. The van der Waals surface area contributed by atoms with Gasteiger partial charge in [0, 0.05) is 23.4 Å². The maximum atomic E-state index is 11.4. The van der Waals surface area contributed by atoms with Gasteiger partial charge >= 0.3 is 5.97 Å². The summed E-state index contributed by atoms with van der Waals surface area (Å²) in [6.07, 6.45) is 3.12. The molecule has 2 aromatic heterocycles. The smallest absolute Gasteiger partial charge is 0.354 e. The van der Waals surface area contributed by atoms with Crippen LogP contribution in [0.3, 0.4) is 0 Å². The molecule has 0 saturated carbocycles. The second-order valence-corrected chi connectivity index (χ2v) is 4.25. The fourth-order valence-electron chi connectivity index (χ4n) is 2.43. The summed E-state index contributed by atoms with van der Waals surface area (Å²) < 4.78 is 1.48. The van der Waals surface area contributed by atoms with Gasteiger partial charge in [0.2, 0.25) is 0 Å². The fourth-order valence-corrected chi connectivity index (χ4v) is 2.43. The van der Waals surface area contributed by atoms with Crippen LogP contribution < -0.4 is 5.73 Å².